The van der Waals surface area contributed by atoms with E-state index in [1.165, 1.54) is 23.8 Å². The third kappa shape index (κ3) is 2.69. The van der Waals surface area contributed by atoms with Gasteiger partial charge in [-0.1, -0.05) is 46.9 Å². The number of carbonyl (C=O) groups excluding carboxylic acids is 1. The highest BCUT2D eigenvalue weighted by molar-refractivity contribution is 8.26. The molecule has 2 rings (SSSR count). The minimum absolute atomic E-state index is 0.257. The maximum Gasteiger partial charge on any atom is 0.279 e. The summed E-state index contributed by atoms with van der Waals surface area (Å²) in [5.74, 6) is -0.257. The number of hydrogen-bond donors (Lipinski definition) is 1. The predicted octanol–water partition coefficient (Wildman–Crippen LogP) is 2.16. The van der Waals surface area contributed by atoms with E-state index in [9.17, 15) is 4.79 Å². The molecule has 0 aliphatic carbocycles. The largest absolute Gasteiger partial charge is 0.437 e. The zero-order valence-corrected chi connectivity index (χ0v) is 10.2. The zero-order valence-electron chi connectivity index (χ0n) is 7.02. The van der Waals surface area contributed by atoms with Crippen molar-refractivity contribution < 1.29 is 9.53 Å². The van der Waals surface area contributed by atoms with Gasteiger partial charge >= 0.3 is 0 Å². The average molecular weight is 279 g/mol. The summed E-state index contributed by atoms with van der Waals surface area (Å²) in [6.07, 6.45) is 2.79. The van der Waals surface area contributed by atoms with Crippen molar-refractivity contribution in [3.63, 3.8) is 0 Å². The van der Waals surface area contributed by atoms with Crippen molar-refractivity contribution >= 4 is 57.1 Å². The molecule has 1 saturated heterocycles. The fourth-order valence-electron chi connectivity index (χ4n) is 0.802. The third-order valence-electron chi connectivity index (χ3n) is 1.37. The summed E-state index contributed by atoms with van der Waals surface area (Å²) in [6.45, 7) is 0. The molecular formula is C7H3ClN2O2S3. The van der Waals surface area contributed by atoms with Crippen LogP contribution < -0.4 is 10.1 Å². The van der Waals surface area contributed by atoms with Crippen LogP contribution in [0.1, 0.15) is 0 Å². The average Bonchev–Trinajstić information content (AvgIpc) is 2.70. The molecule has 0 aromatic carbocycles. The standard InChI is InChI=1S/C7H3ClN2O2S3/c8-4-1-9-6(15-4)12-2-3-5(11)10-7(13)14-3/h1-2H,(H,10,11,13). The quantitative estimate of drug-likeness (QED) is 0.510. The molecule has 4 nitrogen and oxygen atoms in total. The lowest BCUT2D eigenvalue weighted by atomic mass is 10.6. The van der Waals surface area contributed by atoms with Gasteiger partial charge in [0, 0.05) is 0 Å². The van der Waals surface area contributed by atoms with E-state index in [0.29, 0.717) is 18.8 Å². The summed E-state index contributed by atoms with van der Waals surface area (Å²) in [5.41, 5.74) is 0. The minimum Gasteiger partial charge on any atom is -0.437 e. The van der Waals surface area contributed by atoms with Gasteiger partial charge in [-0.25, -0.2) is 4.98 Å². The zero-order chi connectivity index (χ0) is 10.8. The smallest absolute Gasteiger partial charge is 0.279 e. The first kappa shape index (κ1) is 10.9. The van der Waals surface area contributed by atoms with Crippen molar-refractivity contribution in [2.45, 2.75) is 0 Å². The molecule has 1 aromatic heterocycles. The maximum atomic E-state index is 11.2. The van der Waals surface area contributed by atoms with Crippen molar-refractivity contribution in [1.82, 2.24) is 10.3 Å². The number of nitrogens with zero attached hydrogens (tertiary/aromatic N) is 1. The van der Waals surface area contributed by atoms with Crippen LogP contribution in [-0.4, -0.2) is 15.2 Å². The lowest BCUT2D eigenvalue weighted by Gasteiger charge is -1.93. The Kier molecular flexibility index (Phi) is 3.25. The molecule has 0 spiro atoms. The third-order valence-corrected chi connectivity index (χ3v) is 3.51. The van der Waals surface area contributed by atoms with Crippen molar-refractivity contribution in [3.05, 3.63) is 21.7 Å². The molecule has 78 valence electrons. The topological polar surface area (TPSA) is 51.2 Å². The van der Waals surface area contributed by atoms with Gasteiger partial charge in [0.15, 0.2) is 0 Å². The van der Waals surface area contributed by atoms with E-state index in [-0.39, 0.29) is 5.91 Å². The number of thiocarbonyl (C=S) groups is 1. The minimum atomic E-state index is -0.257. The lowest BCUT2D eigenvalue weighted by Crippen LogP contribution is -2.17. The van der Waals surface area contributed by atoms with Gasteiger partial charge in [0.2, 0.25) is 0 Å². The van der Waals surface area contributed by atoms with Crippen LogP contribution >= 0.6 is 46.9 Å². The fourth-order valence-corrected chi connectivity index (χ4v) is 2.47. The number of nitrogens with one attached hydrogen (secondary N) is 1. The van der Waals surface area contributed by atoms with Crippen molar-refractivity contribution in [1.29, 1.82) is 0 Å². The van der Waals surface area contributed by atoms with E-state index in [1.54, 1.807) is 0 Å². The Hall–Kier alpha value is -0.630. The van der Waals surface area contributed by atoms with Gasteiger partial charge < -0.3 is 10.1 Å². The van der Waals surface area contributed by atoms with Crippen molar-refractivity contribution in [2.75, 3.05) is 0 Å². The summed E-state index contributed by atoms with van der Waals surface area (Å²) in [5, 5.41) is 2.86. The molecule has 1 amide bonds. The first-order valence-electron chi connectivity index (χ1n) is 3.66. The molecular weight excluding hydrogens is 276 g/mol. The number of thioether (sulfide) groups is 1. The van der Waals surface area contributed by atoms with Crippen LogP contribution in [0.4, 0.5) is 0 Å². The summed E-state index contributed by atoms with van der Waals surface area (Å²) < 4.78 is 6.10. The Bertz CT molecular complexity index is 457. The predicted molar refractivity (Wildman–Crippen MR) is 64.2 cm³/mol. The molecule has 0 atom stereocenters. The Balaban J connectivity index is 2.06. The Morgan fingerprint density at radius 3 is 3.00 bits per heavy atom. The number of carbonyl (C=O) groups is 1. The lowest BCUT2D eigenvalue weighted by molar-refractivity contribution is -0.115. The van der Waals surface area contributed by atoms with Gasteiger partial charge in [-0.05, 0) is 0 Å². The summed E-state index contributed by atoms with van der Waals surface area (Å²) in [7, 11) is 0. The molecule has 1 aliphatic rings. The van der Waals surface area contributed by atoms with Crippen molar-refractivity contribution in [2.24, 2.45) is 0 Å². The van der Waals surface area contributed by atoms with Gasteiger partial charge in [0.25, 0.3) is 11.1 Å². The highest BCUT2D eigenvalue weighted by atomic mass is 35.5. The second-order valence-corrected chi connectivity index (χ2v) is 5.72. The van der Waals surface area contributed by atoms with Crippen LogP contribution in [0.5, 0.6) is 5.19 Å². The molecule has 0 bridgehead atoms. The van der Waals surface area contributed by atoms with E-state index in [2.05, 4.69) is 10.3 Å². The molecule has 0 unspecified atom stereocenters. The molecule has 1 aliphatic heterocycles. The maximum absolute atomic E-state index is 11.2. The van der Waals surface area contributed by atoms with Gasteiger partial charge in [0.1, 0.15) is 19.8 Å². The van der Waals surface area contributed by atoms with Crippen LogP contribution in [0.2, 0.25) is 4.34 Å². The monoisotopic (exact) mass is 278 g/mol. The molecule has 1 fully saturated rings. The molecule has 15 heavy (non-hydrogen) atoms. The van der Waals surface area contributed by atoms with Crippen LogP contribution in [0.25, 0.3) is 0 Å². The second-order valence-electron chi connectivity index (χ2n) is 2.37. The molecule has 1 N–H and O–H groups in total. The van der Waals surface area contributed by atoms with Gasteiger partial charge in [0.05, 0.1) is 6.20 Å². The molecule has 1 aromatic rings. The normalized spacial score (nSPS) is 18.3. The van der Waals surface area contributed by atoms with E-state index < -0.39 is 0 Å². The molecule has 8 heteroatoms. The van der Waals surface area contributed by atoms with Crippen LogP contribution in [-0.2, 0) is 4.79 Å². The molecule has 2 heterocycles. The van der Waals surface area contributed by atoms with Crippen LogP contribution in [0.3, 0.4) is 0 Å². The Morgan fingerprint density at radius 2 is 2.47 bits per heavy atom. The number of halogens is 1. The first-order chi connectivity index (χ1) is 7.15. The van der Waals surface area contributed by atoms with Crippen LogP contribution in [0.15, 0.2) is 17.4 Å². The number of hydrogen-bond acceptors (Lipinski definition) is 6. The summed E-state index contributed by atoms with van der Waals surface area (Å²) in [6, 6.07) is 0. The number of ether oxygens (including phenoxy) is 1. The van der Waals surface area contributed by atoms with Gasteiger partial charge in [-0.2, -0.15) is 0 Å². The first-order valence-corrected chi connectivity index (χ1v) is 6.08. The highest BCUT2D eigenvalue weighted by Gasteiger charge is 2.22. The number of thiazole rings is 1. The van der Waals surface area contributed by atoms with Crippen molar-refractivity contribution in [3.8, 4) is 5.19 Å². The summed E-state index contributed by atoms with van der Waals surface area (Å²) >= 11 is 12.8. The highest BCUT2D eigenvalue weighted by Crippen LogP contribution is 2.27. The van der Waals surface area contributed by atoms with E-state index in [4.69, 9.17) is 28.6 Å². The number of amides is 1. The molecule has 0 saturated carbocycles. The van der Waals surface area contributed by atoms with Crippen LogP contribution in [0, 0.1) is 0 Å². The Morgan fingerprint density at radius 1 is 1.67 bits per heavy atom. The second kappa shape index (κ2) is 4.48. The molecule has 0 radical (unpaired) electrons. The summed E-state index contributed by atoms with van der Waals surface area (Å²) in [4.78, 5) is 15.5. The van der Waals surface area contributed by atoms with E-state index in [0.717, 1.165) is 11.8 Å². The van der Waals surface area contributed by atoms with E-state index in [1.807, 2.05) is 0 Å². The van der Waals surface area contributed by atoms with E-state index >= 15 is 0 Å². The van der Waals surface area contributed by atoms with Gasteiger partial charge in [-0.15, -0.1) is 0 Å². The number of aromatic nitrogens is 1. The SMILES string of the molecule is O=C1NC(=S)SC1=COc1ncc(Cl)s1. The van der Waals surface area contributed by atoms with Gasteiger partial charge in [-0.3, -0.25) is 4.79 Å². The Labute approximate surface area is 104 Å². The fraction of sp³-hybridized carbons (Fsp3) is 0. The number of rotatable bonds is 2.